The van der Waals surface area contributed by atoms with Crippen molar-refractivity contribution in [2.45, 2.75) is 12.5 Å². The number of nitrogens with zero attached hydrogens (tertiary/aromatic N) is 1. The van der Waals surface area contributed by atoms with Crippen molar-refractivity contribution in [2.24, 2.45) is 10.7 Å². The molecule has 5 heteroatoms. The van der Waals surface area contributed by atoms with Gasteiger partial charge in [0, 0.05) is 17.9 Å². The molecule has 0 aliphatic carbocycles. The molecule has 18 heavy (non-hydrogen) atoms. The zero-order chi connectivity index (χ0) is 13.0. The molecule has 0 bridgehead atoms. The number of carbonyl (C=O) groups excluding carboxylic acids is 1. The van der Waals surface area contributed by atoms with Crippen LogP contribution in [0.3, 0.4) is 0 Å². The Balaban J connectivity index is 2.01. The van der Waals surface area contributed by atoms with Gasteiger partial charge in [0.1, 0.15) is 6.04 Å². The van der Waals surface area contributed by atoms with Crippen molar-refractivity contribution in [1.82, 2.24) is 0 Å². The highest BCUT2D eigenvalue weighted by Crippen LogP contribution is 2.19. The largest absolute Gasteiger partial charge is 0.468 e. The number of hydrogen-bond donors (Lipinski definition) is 1. The first-order valence-electron chi connectivity index (χ1n) is 5.80. The maximum atomic E-state index is 11.2. The van der Waals surface area contributed by atoms with Gasteiger partial charge in [-0.1, -0.05) is 24.3 Å². The molecular weight excluding hydrogens is 248 g/mol. The van der Waals surface area contributed by atoms with Gasteiger partial charge >= 0.3 is 5.97 Å². The first-order chi connectivity index (χ1) is 8.70. The van der Waals surface area contributed by atoms with Crippen LogP contribution in [-0.4, -0.2) is 36.5 Å². The number of carbonyl (C=O) groups is 1. The number of benzene rings is 1. The Bertz CT molecular complexity index is 457. The molecule has 0 unspecified atom stereocenters. The summed E-state index contributed by atoms with van der Waals surface area (Å²) in [6.45, 7) is 0.898. The lowest BCUT2D eigenvalue weighted by Crippen LogP contribution is -2.33. The number of methoxy groups -OCH3 is 1. The van der Waals surface area contributed by atoms with E-state index in [2.05, 4.69) is 9.73 Å². The van der Waals surface area contributed by atoms with Crippen molar-refractivity contribution in [3.63, 3.8) is 0 Å². The summed E-state index contributed by atoms with van der Waals surface area (Å²) in [7, 11) is 1.35. The minimum atomic E-state index is -0.598. The molecule has 0 amide bonds. The number of rotatable bonds is 4. The van der Waals surface area contributed by atoms with Crippen LogP contribution in [-0.2, 0) is 16.0 Å². The zero-order valence-corrected chi connectivity index (χ0v) is 11.1. The summed E-state index contributed by atoms with van der Waals surface area (Å²) in [4.78, 5) is 15.6. The Morgan fingerprint density at radius 1 is 1.50 bits per heavy atom. The second-order valence-corrected chi connectivity index (χ2v) is 5.15. The summed E-state index contributed by atoms with van der Waals surface area (Å²) in [6.07, 6.45) is 0.493. The molecule has 4 nitrogen and oxygen atoms in total. The summed E-state index contributed by atoms with van der Waals surface area (Å²) < 4.78 is 4.60. The molecule has 1 aliphatic heterocycles. The second kappa shape index (κ2) is 6.02. The van der Waals surface area contributed by atoms with E-state index in [-0.39, 0.29) is 5.97 Å². The molecule has 0 spiro atoms. The molecule has 1 aromatic rings. The third-order valence-electron chi connectivity index (χ3n) is 2.75. The highest BCUT2D eigenvalue weighted by Gasteiger charge is 2.14. The van der Waals surface area contributed by atoms with E-state index in [0.29, 0.717) is 6.42 Å². The molecule has 1 atom stereocenters. The normalized spacial score (nSPS) is 16.2. The van der Waals surface area contributed by atoms with Gasteiger partial charge in [0.25, 0.3) is 0 Å². The lowest BCUT2D eigenvalue weighted by molar-refractivity contribution is -0.142. The fourth-order valence-electron chi connectivity index (χ4n) is 1.78. The molecule has 0 aromatic heterocycles. The summed E-state index contributed by atoms with van der Waals surface area (Å²) in [6, 6.07) is 7.42. The molecule has 0 saturated heterocycles. The predicted octanol–water partition coefficient (Wildman–Crippen LogP) is 1.22. The van der Waals surface area contributed by atoms with Crippen LogP contribution in [0.25, 0.3) is 0 Å². The van der Waals surface area contributed by atoms with Crippen molar-refractivity contribution < 1.29 is 9.53 Å². The van der Waals surface area contributed by atoms with Crippen LogP contribution in [0.2, 0.25) is 0 Å². The molecule has 0 radical (unpaired) electrons. The van der Waals surface area contributed by atoms with Gasteiger partial charge in [-0.05, 0) is 12.0 Å². The van der Waals surface area contributed by atoms with E-state index in [1.807, 2.05) is 24.3 Å². The second-order valence-electron chi connectivity index (χ2n) is 4.07. The number of hydrogen-bond acceptors (Lipinski definition) is 5. The summed E-state index contributed by atoms with van der Waals surface area (Å²) in [5.74, 6) is 0.680. The average Bonchev–Trinajstić information content (AvgIpc) is 2.92. The number of nitrogens with two attached hydrogens (primary N) is 1. The maximum absolute atomic E-state index is 11.2. The first-order valence-corrected chi connectivity index (χ1v) is 6.79. The van der Waals surface area contributed by atoms with Gasteiger partial charge in [0.2, 0.25) is 0 Å². The summed E-state index contributed by atoms with van der Waals surface area (Å²) in [5.41, 5.74) is 7.88. The van der Waals surface area contributed by atoms with E-state index in [1.54, 1.807) is 11.8 Å². The smallest absolute Gasteiger partial charge is 0.322 e. The van der Waals surface area contributed by atoms with Crippen molar-refractivity contribution in [3.8, 4) is 0 Å². The molecule has 96 valence electrons. The first kappa shape index (κ1) is 13.1. The summed E-state index contributed by atoms with van der Waals surface area (Å²) in [5, 5.41) is 1.10. The van der Waals surface area contributed by atoms with E-state index < -0.39 is 6.04 Å². The van der Waals surface area contributed by atoms with Gasteiger partial charge in [-0.2, -0.15) is 0 Å². The quantitative estimate of drug-likeness (QED) is 0.831. The highest BCUT2D eigenvalue weighted by molar-refractivity contribution is 8.14. The minimum Gasteiger partial charge on any atom is -0.468 e. The van der Waals surface area contributed by atoms with E-state index in [9.17, 15) is 4.79 Å². The lowest BCUT2D eigenvalue weighted by Gasteiger charge is -2.09. The topological polar surface area (TPSA) is 64.7 Å². The van der Waals surface area contributed by atoms with Crippen LogP contribution < -0.4 is 5.73 Å². The Morgan fingerprint density at radius 2 is 2.22 bits per heavy atom. The monoisotopic (exact) mass is 264 g/mol. The minimum absolute atomic E-state index is 0.380. The van der Waals surface area contributed by atoms with Gasteiger partial charge in [-0.15, -0.1) is 11.8 Å². The average molecular weight is 264 g/mol. The number of esters is 1. The summed E-state index contributed by atoms with van der Waals surface area (Å²) >= 11 is 1.77. The SMILES string of the molecule is COC(=O)[C@@H](N)Cc1ccc(C2=NCCS2)cc1. The fourth-order valence-corrected chi connectivity index (χ4v) is 2.64. The third kappa shape index (κ3) is 3.11. The van der Waals surface area contributed by atoms with E-state index >= 15 is 0 Å². The number of aliphatic imine (C=N–C) groups is 1. The van der Waals surface area contributed by atoms with Crippen LogP contribution in [0.4, 0.5) is 0 Å². The van der Waals surface area contributed by atoms with Gasteiger partial charge in [-0.25, -0.2) is 0 Å². The van der Waals surface area contributed by atoms with Crippen LogP contribution in [0.15, 0.2) is 29.3 Å². The zero-order valence-electron chi connectivity index (χ0n) is 10.3. The van der Waals surface area contributed by atoms with E-state index in [1.165, 1.54) is 7.11 Å². The third-order valence-corrected chi connectivity index (χ3v) is 3.77. The van der Waals surface area contributed by atoms with E-state index in [4.69, 9.17) is 5.73 Å². The molecule has 1 aliphatic rings. The van der Waals surface area contributed by atoms with E-state index in [0.717, 1.165) is 28.5 Å². The van der Waals surface area contributed by atoms with Crippen LogP contribution in [0.1, 0.15) is 11.1 Å². The van der Waals surface area contributed by atoms with Gasteiger partial charge in [0.15, 0.2) is 0 Å². The van der Waals surface area contributed by atoms with Crippen LogP contribution in [0.5, 0.6) is 0 Å². The molecule has 2 N–H and O–H groups in total. The van der Waals surface area contributed by atoms with Gasteiger partial charge in [0.05, 0.1) is 12.2 Å². The van der Waals surface area contributed by atoms with Gasteiger partial charge < -0.3 is 10.5 Å². The Kier molecular flexibility index (Phi) is 4.38. The standard InChI is InChI=1S/C13H16N2O2S/c1-17-13(16)11(14)8-9-2-4-10(5-3-9)12-15-6-7-18-12/h2-5,11H,6-8,14H2,1H3/t11-/m0/s1. The Labute approximate surface area is 111 Å². The Hall–Kier alpha value is -1.33. The maximum Gasteiger partial charge on any atom is 0.322 e. The van der Waals surface area contributed by atoms with Crippen LogP contribution >= 0.6 is 11.8 Å². The van der Waals surface area contributed by atoms with Crippen LogP contribution in [0, 0.1) is 0 Å². The fraction of sp³-hybridized carbons (Fsp3) is 0.385. The Morgan fingerprint density at radius 3 is 2.78 bits per heavy atom. The number of ether oxygens (including phenoxy) is 1. The predicted molar refractivity (Wildman–Crippen MR) is 74.0 cm³/mol. The molecule has 0 fully saturated rings. The molecule has 2 rings (SSSR count). The molecule has 1 heterocycles. The molecule has 1 aromatic carbocycles. The lowest BCUT2D eigenvalue weighted by atomic mass is 10.1. The molecule has 0 saturated carbocycles. The molecular formula is C13H16N2O2S. The van der Waals surface area contributed by atoms with Crippen molar-refractivity contribution in [1.29, 1.82) is 0 Å². The van der Waals surface area contributed by atoms with Gasteiger partial charge in [-0.3, -0.25) is 9.79 Å². The van der Waals surface area contributed by atoms with Crippen molar-refractivity contribution >= 4 is 22.8 Å². The number of thioether (sulfide) groups is 1. The van der Waals surface area contributed by atoms with Crippen molar-refractivity contribution in [2.75, 3.05) is 19.4 Å². The highest BCUT2D eigenvalue weighted by atomic mass is 32.2. The van der Waals surface area contributed by atoms with Crippen molar-refractivity contribution in [3.05, 3.63) is 35.4 Å².